The number of hydrogen-bond donors (Lipinski definition) is 0. The third-order valence-electron chi connectivity index (χ3n) is 4.18. The van der Waals surface area contributed by atoms with E-state index in [-0.39, 0.29) is 17.1 Å². The van der Waals surface area contributed by atoms with Crippen LogP contribution in [0.2, 0.25) is 0 Å². The maximum Gasteiger partial charge on any atom is 0.338 e. The van der Waals surface area contributed by atoms with E-state index in [9.17, 15) is 13.2 Å². The zero-order chi connectivity index (χ0) is 21.7. The summed E-state index contributed by atoms with van der Waals surface area (Å²) in [6, 6.07) is 13.1. The van der Waals surface area contributed by atoms with E-state index in [1.807, 2.05) is 24.3 Å². The largest absolute Gasteiger partial charge is 0.497 e. The minimum atomic E-state index is -3.86. The molecule has 0 N–H and O–H groups in total. The summed E-state index contributed by atoms with van der Waals surface area (Å²) >= 11 is 1.42. The topological polar surface area (TPSA) is 95.0 Å². The van der Waals surface area contributed by atoms with Crippen LogP contribution in [0, 0.1) is 0 Å². The number of rotatable bonds is 8. The Morgan fingerprint density at radius 3 is 2.63 bits per heavy atom. The number of sulfonamides is 1. The van der Waals surface area contributed by atoms with Gasteiger partial charge in [-0.1, -0.05) is 22.7 Å². The fourth-order valence-electron chi connectivity index (χ4n) is 2.51. The second-order valence-corrected chi connectivity index (χ2v) is 8.87. The highest BCUT2D eigenvalue weighted by atomic mass is 32.2. The summed E-state index contributed by atoms with van der Waals surface area (Å²) in [7, 11) is 0.239. The molecule has 30 heavy (non-hydrogen) atoms. The standard InChI is InChI=1S/C20H20N2O6S2/c1-22(27-3)30(24,25)18-9-5-7-15(11-18)20(23)28-12-16-13-29-19(21-16)14-6-4-8-17(10-14)26-2/h4-11,13H,12H2,1-3H3. The Kier molecular flexibility index (Phi) is 6.83. The van der Waals surface area contributed by atoms with Crippen LogP contribution in [-0.4, -0.2) is 45.1 Å². The summed E-state index contributed by atoms with van der Waals surface area (Å²) in [4.78, 5) is 21.5. The van der Waals surface area contributed by atoms with E-state index in [2.05, 4.69) is 4.98 Å². The first kappa shape index (κ1) is 21.9. The lowest BCUT2D eigenvalue weighted by molar-refractivity contribution is -0.0258. The molecular formula is C20H20N2O6S2. The number of carbonyl (C=O) groups is 1. The molecular weight excluding hydrogens is 428 g/mol. The molecule has 0 atom stereocenters. The number of methoxy groups -OCH3 is 1. The van der Waals surface area contributed by atoms with Crippen molar-refractivity contribution in [3.05, 3.63) is 65.2 Å². The third-order valence-corrected chi connectivity index (χ3v) is 6.80. The molecule has 0 aliphatic rings. The van der Waals surface area contributed by atoms with Gasteiger partial charge in [0.15, 0.2) is 0 Å². The Labute approximate surface area is 178 Å². The van der Waals surface area contributed by atoms with Crippen LogP contribution >= 0.6 is 11.3 Å². The molecule has 0 saturated carbocycles. The van der Waals surface area contributed by atoms with E-state index in [4.69, 9.17) is 14.3 Å². The van der Waals surface area contributed by atoms with E-state index in [1.54, 1.807) is 12.5 Å². The summed E-state index contributed by atoms with van der Waals surface area (Å²) < 4.78 is 35.9. The fraction of sp³-hybridized carbons (Fsp3) is 0.200. The first-order valence-corrected chi connectivity index (χ1v) is 11.1. The lowest BCUT2D eigenvalue weighted by Crippen LogP contribution is -2.25. The molecule has 0 radical (unpaired) electrons. The number of ether oxygens (including phenoxy) is 2. The smallest absolute Gasteiger partial charge is 0.338 e. The van der Waals surface area contributed by atoms with Gasteiger partial charge < -0.3 is 9.47 Å². The van der Waals surface area contributed by atoms with Crippen LogP contribution in [-0.2, 0) is 26.2 Å². The van der Waals surface area contributed by atoms with Gasteiger partial charge >= 0.3 is 5.97 Å². The predicted molar refractivity (Wildman–Crippen MR) is 112 cm³/mol. The zero-order valence-electron chi connectivity index (χ0n) is 16.6. The summed E-state index contributed by atoms with van der Waals surface area (Å²) in [6.45, 7) is -0.0335. The first-order chi connectivity index (χ1) is 14.3. The highest BCUT2D eigenvalue weighted by Crippen LogP contribution is 2.27. The average Bonchev–Trinajstić information content (AvgIpc) is 3.26. The molecule has 10 heteroatoms. The highest BCUT2D eigenvalue weighted by Gasteiger charge is 2.22. The average molecular weight is 449 g/mol. The molecule has 3 rings (SSSR count). The molecule has 0 saturated heterocycles. The fourth-order valence-corrected chi connectivity index (χ4v) is 4.34. The third kappa shape index (κ3) is 4.85. The summed E-state index contributed by atoms with van der Waals surface area (Å²) in [6.07, 6.45) is 0. The summed E-state index contributed by atoms with van der Waals surface area (Å²) in [5.41, 5.74) is 1.61. The zero-order valence-corrected chi connectivity index (χ0v) is 18.2. The Hall–Kier alpha value is -2.79. The molecule has 0 fully saturated rings. The SMILES string of the molecule is COc1cccc(-c2nc(COC(=O)c3cccc(S(=O)(=O)N(C)OC)c3)cs2)c1. The number of thiazole rings is 1. The molecule has 0 bridgehead atoms. The monoisotopic (exact) mass is 448 g/mol. The number of nitrogens with zero attached hydrogens (tertiary/aromatic N) is 2. The summed E-state index contributed by atoms with van der Waals surface area (Å²) in [5.74, 6) is 0.0766. The van der Waals surface area contributed by atoms with Gasteiger partial charge in [-0.05, 0) is 30.3 Å². The van der Waals surface area contributed by atoms with Crippen molar-refractivity contribution in [1.82, 2.24) is 9.45 Å². The molecule has 0 aliphatic carbocycles. The van der Waals surface area contributed by atoms with Gasteiger partial charge in [0, 0.05) is 18.0 Å². The van der Waals surface area contributed by atoms with Crippen LogP contribution in [0.5, 0.6) is 5.75 Å². The minimum Gasteiger partial charge on any atom is -0.497 e. The van der Waals surface area contributed by atoms with Gasteiger partial charge in [-0.2, -0.15) is 0 Å². The van der Waals surface area contributed by atoms with Gasteiger partial charge in [0.05, 0.1) is 30.4 Å². The first-order valence-electron chi connectivity index (χ1n) is 8.74. The Morgan fingerprint density at radius 1 is 1.13 bits per heavy atom. The summed E-state index contributed by atoms with van der Waals surface area (Å²) in [5, 5.41) is 2.58. The predicted octanol–water partition coefficient (Wildman–Crippen LogP) is 3.36. The number of carbonyl (C=O) groups excluding carboxylic acids is 1. The van der Waals surface area contributed by atoms with Gasteiger partial charge in [-0.15, -0.1) is 11.3 Å². The Morgan fingerprint density at radius 2 is 1.90 bits per heavy atom. The van der Waals surface area contributed by atoms with Crippen LogP contribution in [0.25, 0.3) is 10.6 Å². The van der Waals surface area contributed by atoms with Crippen LogP contribution < -0.4 is 4.74 Å². The molecule has 1 heterocycles. The van der Waals surface area contributed by atoms with Crippen LogP contribution in [0.4, 0.5) is 0 Å². The Balaban J connectivity index is 1.69. The normalized spacial score (nSPS) is 11.5. The molecule has 3 aromatic rings. The quantitative estimate of drug-likeness (QED) is 0.385. The number of benzene rings is 2. The van der Waals surface area contributed by atoms with Crippen LogP contribution in [0.1, 0.15) is 16.1 Å². The van der Waals surface area contributed by atoms with Crippen molar-refractivity contribution in [2.24, 2.45) is 0 Å². The van der Waals surface area contributed by atoms with E-state index in [0.717, 1.165) is 16.3 Å². The van der Waals surface area contributed by atoms with E-state index in [1.165, 1.54) is 49.8 Å². The lowest BCUT2D eigenvalue weighted by atomic mass is 10.2. The highest BCUT2D eigenvalue weighted by molar-refractivity contribution is 7.89. The van der Waals surface area contributed by atoms with Crippen molar-refractivity contribution < 1.29 is 27.5 Å². The van der Waals surface area contributed by atoms with Crippen LogP contribution in [0.15, 0.2) is 58.8 Å². The molecule has 0 unspecified atom stereocenters. The minimum absolute atomic E-state index is 0.0335. The number of aromatic nitrogens is 1. The van der Waals surface area contributed by atoms with Gasteiger partial charge in [-0.25, -0.2) is 18.2 Å². The second kappa shape index (κ2) is 9.35. The van der Waals surface area contributed by atoms with Gasteiger partial charge in [-0.3, -0.25) is 4.84 Å². The van der Waals surface area contributed by atoms with E-state index >= 15 is 0 Å². The van der Waals surface area contributed by atoms with Crippen molar-refractivity contribution in [3.8, 4) is 16.3 Å². The molecule has 8 nitrogen and oxygen atoms in total. The van der Waals surface area contributed by atoms with Crippen molar-refractivity contribution in [3.63, 3.8) is 0 Å². The van der Waals surface area contributed by atoms with E-state index in [0.29, 0.717) is 10.2 Å². The van der Waals surface area contributed by atoms with Crippen molar-refractivity contribution in [2.45, 2.75) is 11.5 Å². The number of hydrogen-bond acceptors (Lipinski definition) is 8. The van der Waals surface area contributed by atoms with Gasteiger partial charge in [0.25, 0.3) is 10.0 Å². The lowest BCUT2D eigenvalue weighted by Gasteiger charge is -2.14. The molecule has 1 aromatic heterocycles. The van der Waals surface area contributed by atoms with Gasteiger partial charge in [0.1, 0.15) is 17.4 Å². The maximum atomic E-state index is 12.4. The Bertz CT molecular complexity index is 1140. The molecule has 158 valence electrons. The second-order valence-electron chi connectivity index (χ2n) is 6.08. The van der Waals surface area contributed by atoms with Crippen molar-refractivity contribution in [1.29, 1.82) is 0 Å². The molecule has 2 aromatic carbocycles. The molecule has 0 aliphatic heterocycles. The number of esters is 1. The van der Waals surface area contributed by atoms with Gasteiger partial charge in [0.2, 0.25) is 0 Å². The number of hydroxylamine groups is 1. The molecule has 0 spiro atoms. The van der Waals surface area contributed by atoms with E-state index < -0.39 is 16.0 Å². The molecule has 0 amide bonds. The van der Waals surface area contributed by atoms with Crippen molar-refractivity contribution in [2.75, 3.05) is 21.3 Å². The maximum absolute atomic E-state index is 12.4. The van der Waals surface area contributed by atoms with Crippen molar-refractivity contribution >= 4 is 27.3 Å². The van der Waals surface area contributed by atoms with Crippen LogP contribution in [0.3, 0.4) is 0 Å².